The Morgan fingerprint density at radius 2 is 1.88 bits per heavy atom. The van der Waals surface area contributed by atoms with Gasteiger partial charge in [-0.15, -0.1) is 0 Å². The summed E-state index contributed by atoms with van der Waals surface area (Å²) in [5, 5.41) is 0. The number of imidazole rings is 1. The Bertz CT molecular complexity index is 556. The van der Waals surface area contributed by atoms with Gasteiger partial charge in [-0.1, -0.05) is 0 Å². The Labute approximate surface area is 95.1 Å². The maximum atomic E-state index is 12.7. The van der Waals surface area contributed by atoms with E-state index in [1.165, 1.54) is 0 Å². The molecule has 17 heavy (non-hydrogen) atoms. The zero-order valence-electron chi connectivity index (χ0n) is 9.26. The van der Waals surface area contributed by atoms with E-state index in [4.69, 9.17) is 5.73 Å². The van der Waals surface area contributed by atoms with Crippen molar-refractivity contribution in [2.24, 2.45) is 5.73 Å². The van der Waals surface area contributed by atoms with Crippen LogP contribution in [0.1, 0.15) is 18.4 Å². The number of halogens is 3. The maximum absolute atomic E-state index is 12.7. The van der Waals surface area contributed by atoms with Crippen LogP contribution in [0.15, 0.2) is 12.1 Å². The van der Waals surface area contributed by atoms with Gasteiger partial charge in [0.2, 0.25) is 0 Å². The van der Waals surface area contributed by atoms with E-state index < -0.39 is 11.7 Å². The number of fused-ring (bicyclic) bond motifs is 1. The summed E-state index contributed by atoms with van der Waals surface area (Å²) in [4.78, 5) is 10.4. The van der Waals surface area contributed by atoms with E-state index in [9.17, 15) is 13.2 Å². The van der Waals surface area contributed by atoms with Gasteiger partial charge in [0.25, 0.3) is 0 Å². The highest BCUT2D eigenvalue weighted by atomic mass is 19.4. The second-order valence-corrected chi connectivity index (χ2v) is 4.11. The van der Waals surface area contributed by atoms with Crippen molar-refractivity contribution in [3.63, 3.8) is 0 Å². The molecule has 1 atom stereocenters. The lowest BCUT2D eigenvalue weighted by molar-refractivity contribution is -0.186. The van der Waals surface area contributed by atoms with Crippen LogP contribution in [0.3, 0.4) is 0 Å². The summed E-state index contributed by atoms with van der Waals surface area (Å²) in [6.07, 6.45) is -4.57. The third kappa shape index (κ3) is 1.86. The molecule has 2 aromatic heterocycles. The molecule has 0 aliphatic heterocycles. The molecule has 2 heterocycles. The van der Waals surface area contributed by atoms with Gasteiger partial charge in [-0.2, -0.15) is 13.2 Å². The zero-order valence-corrected chi connectivity index (χ0v) is 9.26. The van der Waals surface area contributed by atoms with E-state index in [0.717, 1.165) is 6.92 Å². The van der Waals surface area contributed by atoms with E-state index in [2.05, 4.69) is 15.0 Å². The number of aromatic nitrogens is 3. The SMILES string of the molecule is Cc1ccc2[nH]c(C(C)(N)C(F)(F)F)nc2n1. The molecule has 0 fully saturated rings. The fourth-order valence-electron chi connectivity index (χ4n) is 1.37. The van der Waals surface area contributed by atoms with Crippen molar-refractivity contribution < 1.29 is 13.2 Å². The van der Waals surface area contributed by atoms with E-state index in [1.807, 2.05) is 0 Å². The van der Waals surface area contributed by atoms with Crippen LogP contribution in [-0.2, 0) is 5.54 Å². The fourth-order valence-corrected chi connectivity index (χ4v) is 1.37. The van der Waals surface area contributed by atoms with E-state index >= 15 is 0 Å². The minimum atomic E-state index is -4.57. The number of nitrogens with two attached hydrogens (primary N) is 1. The minimum absolute atomic E-state index is 0.237. The van der Waals surface area contributed by atoms with Crippen LogP contribution in [0.4, 0.5) is 13.2 Å². The highest BCUT2D eigenvalue weighted by Crippen LogP contribution is 2.35. The monoisotopic (exact) mass is 244 g/mol. The van der Waals surface area contributed by atoms with Crippen LogP contribution in [-0.4, -0.2) is 21.1 Å². The standard InChI is InChI=1S/C10H11F3N4/c1-5-3-4-6-7(15-5)17-8(16-6)9(2,14)10(11,12)13/h3-4H,14H2,1-2H3,(H,15,16,17). The van der Waals surface area contributed by atoms with E-state index in [1.54, 1.807) is 19.1 Å². The quantitative estimate of drug-likeness (QED) is 0.806. The van der Waals surface area contributed by atoms with Gasteiger partial charge in [-0.05, 0) is 26.0 Å². The zero-order chi connectivity index (χ0) is 12.8. The van der Waals surface area contributed by atoms with Gasteiger partial charge in [0, 0.05) is 5.69 Å². The molecule has 0 aromatic carbocycles. The molecule has 92 valence electrons. The van der Waals surface area contributed by atoms with Crippen LogP contribution >= 0.6 is 0 Å². The average molecular weight is 244 g/mol. The summed E-state index contributed by atoms with van der Waals surface area (Å²) in [6, 6.07) is 3.31. The molecule has 7 heteroatoms. The lowest BCUT2D eigenvalue weighted by Crippen LogP contribution is -2.48. The van der Waals surface area contributed by atoms with Crippen molar-refractivity contribution in [2.75, 3.05) is 0 Å². The number of alkyl halides is 3. The second-order valence-electron chi connectivity index (χ2n) is 4.11. The minimum Gasteiger partial charge on any atom is -0.339 e. The van der Waals surface area contributed by atoms with Crippen LogP contribution < -0.4 is 5.73 Å². The maximum Gasteiger partial charge on any atom is 0.413 e. The number of H-pyrrole nitrogens is 1. The Kier molecular flexibility index (Phi) is 2.39. The van der Waals surface area contributed by atoms with Gasteiger partial charge >= 0.3 is 6.18 Å². The van der Waals surface area contributed by atoms with Crippen LogP contribution in [0, 0.1) is 6.92 Å². The lowest BCUT2D eigenvalue weighted by atomic mass is 10.0. The lowest BCUT2D eigenvalue weighted by Gasteiger charge is -2.24. The number of hydrogen-bond acceptors (Lipinski definition) is 3. The van der Waals surface area contributed by atoms with Gasteiger partial charge in [-0.3, -0.25) is 0 Å². The second kappa shape index (κ2) is 3.43. The summed E-state index contributed by atoms with van der Waals surface area (Å²) in [6.45, 7) is 2.61. The van der Waals surface area contributed by atoms with Gasteiger partial charge in [-0.25, -0.2) is 9.97 Å². The highest BCUT2D eigenvalue weighted by Gasteiger charge is 2.51. The largest absolute Gasteiger partial charge is 0.413 e. The third-order valence-corrected chi connectivity index (χ3v) is 2.57. The molecular weight excluding hydrogens is 233 g/mol. The van der Waals surface area contributed by atoms with Crippen molar-refractivity contribution in [1.29, 1.82) is 0 Å². The number of rotatable bonds is 1. The molecule has 4 nitrogen and oxygen atoms in total. The topological polar surface area (TPSA) is 67.6 Å². The highest BCUT2D eigenvalue weighted by molar-refractivity contribution is 5.70. The predicted molar refractivity (Wildman–Crippen MR) is 56.2 cm³/mol. The van der Waals surface area contributed by atoms with Crippen molar-refractivity contribution in [3.05, 3.63) is 23.7 Å². The van der Waals surface area contributed by atoms with Gasteiger partial charge in [0.05, 0.1) is 5.52 Å². The number of nitrogens with one attached hydrogen (secondary N) is 1. The summed E-state index contributed by atoms with van der Waals surface area (Å²) in [5.41, 5.74) is 4.11. The first-order chi connectivity index (χ1) is 7.72. The first kappa shape index (κ1) is 11.8. The molecule has 0 aliphatic rings. The number of hydrogen-bond donors (Lipinski definition) is 2. The molecule has 2 rings (SSSR count). The van der Waals surface area contributed by atoms with Gasteiger partial charge < -0.3 is 10.7 Å². The van der Waals surface area contributed by atoms with Gasteiger partial charge in [0.15, 0.2) is 11.2 Å². The third-order valence-electron chi connectivity index (χ3n) is 2.57. The summed E-state index contributed by atoms with van der Waals surface area (Å²) in [7, 11) is 0. The molecule has 0 radical (unpaired) electrons. The fraction of sp³-hybridized carbons (Fsp3) is 0.400. The molecule has 0 amide bonds. The Morgan fingerprint density at radius 1 is 1.24 bits per heavy atom. The Hall–Kier alpha value is -1.63. The van der Waals surface area contributed by atoms with E-state index in [0.29, 0.717) is 11.2 Å². The number of aromatic amines is 1. The number of aryl methyl sites for hydroxylation is 1. The Morgan fingerprint density at radius 3 is 2.47 bits per heavy atom. The van der Waals surface area contributed by atoms with E-state index in [-0.39, 0.29) is 11.5 Å². The van der Waals surface area contributed by atoms with Crippen molar-refractivity contribution in [1.82, 2.24) is 15.0 Å². The van der Waals surface area contributed by atoms with Crippen LogP contribution in [0.2, 0.25) is 0 Å². The molecule has 2 aromatic rings. The molecule has 0 aliphatic carbocycles. The molecule has 0 saturated heterocycles. The number of nitrogens with zero attached hydrogens (tertiary/aromatic N) is 2. The molecular formula is C10H11F3N4. The van der Waals surface area contributed by atoms with Crippen molar-refractivity contribution in [2.45, 2.75) is 25.6 Å². The molecule has 1 unspecified atom stereocenters. The molecule has 3 N–H and O–H groups in total. The molecule has 0 saturated carbocycles. The van der Waals surface area contributed by atoms with Crippen LogP contribution in [0.5, 0.6) is 0 Å². The molecule has 0 spiro atoms. The summed E-state index contributed by atoms with van der Waals surface area (Å²) >= 11 is 0. The van der Waals surface area contributed by atoms with Crippen molar-refractivity contribution in [3.8, 4) is 0 Å². The summed E-state index contributed by atoms with van der Waals surface area (Å²) < 4.78 is 38.2. The normalized spacial score (nSPS) is 16.1. The molecule has 0 bridgehead atoms. The average Bonchev–Trinajstić information content (AvgIpc) is 2.58. The first-order valence-electron chi connectivity index (χ1n) is 4.91. The summed E-state index contributed by atoms with van der Waals surface area (Å²) in [5.74, 6) is -0.335. The first-order valence-corrected chi connectivity index (χ1v) is 4.91. The van der Waals surface area contributed by atoms with Crippen LogP contribution in [0.25, 0.3) is 11.2 Å². The van der Waals surface area contributed by atoms with Gasteiger partial charge in [0.1, 0.15) is 5.82 Å². The predicted octanol–water partition coefficient (Wildman–Crippen LogP) is 2.00. The smallest absolute Gasteiger partial charge is 0.339 e. The van der Waals surface area contributed by atoms with Crippen molar-refractivity contribution >= 4 is 11.2 Å². The number of pyridine rings is 1. The Balaban J connectivity index is 2.57.